The molecule has 10 heteroatoms. The molecule has 21 heavy (non-hydrogen) atoms. The van der Waals surface area contributed by atoms with Crippen molar-refractivity contribution in [2.24, 2.45) is 23.9 Å². The van der Waals surface area contributed by atoms with E-state index in [0.29, 0.717) is 19.0 Å². The normalized spacial score (nSPS) is 21.4. The van der Waals surface area contributed by atoms with Crippen molar-refractivity contribution in [1.29, 1.82) is 0 Å². The molecule has 1 aromatic heterocycles. The molecule has 1 unspecified atom stereocenters. The number of rotatable bonds is 4. The van der Waals surface area contributed by atoms with Crippen LogP contribution >= 0.6 is 0 Å². The quantitative estimate of drug-likeness (QED) is 0.309. The SMILES string of the molecule is CC1CCCN(S(=O)(=O)Nc2c(C(N)=NO)cnn2C)C1. The topological polar surface area (TPSA) is 126 Å². The van der Waals surface area contributed by atoms with Gasteiger partial charge in [0.15, 0.2) is 5.84 Å². The highest BCUT2D eigenvalue weighted by atomic mass is 32.2. The minimum Gasteiger partial charge on any atom is -0.409 e. The van der Waals surface area contributed by atoms with Gasteiger partial charge >= 0.3 is 10.2 Å². The molecule has 2 rings (SSSR count). The van der Waals surface area contributed by atoms with Crippen molar-refractivity contribution in [2.75, 3.05) is 17.8 Å². The highest BCUT2D eigenvalue weighted by Crippen LogP contribution is 2.21. The lowest BCUT2D eigenvalue weighted by atomic mass is 10.0. The van der Waals surface area contributed by atoms with Crippen molar-refractivity contribution in [3.63, 3.8) is 0 Å². The van der Waals surface area contributed by atoms with Crippen molar-refractivity contribution >= 4 is 21.9 Å². The first kappa shape index (κ1) is 15.6. The number of hydrogen-bond donors (Lipinski definition) is 3. The fraction of sp³-hybridized carbons (Fsp3) is 0.636. The Morgan fingerprint density at radius 2 is 2.33 bits per heavy atom. The summed E-state index contributed by atoms with van der Waals surface area (Å²) in [7, 11) is -2.12. The van der Waals surface area contributed by atoms with Gasteiger partial charge in [0, 0.05) is 20.1 Å². The van der Waals surface area contributed by atoms with Crippen LogP contribution in [0.25, 0.3) is 0 Å². The summed E-state index contributed by atoms with van der Waals surface area (Å²) >= 11 is 0. The average molecular weight is 316 g/mol. The van der Waals surface area contributed by atoms with Gasteiger partial charge in [0.2, 0.25) is 0 Å². The largest absolute Gasteiger partial charge is 0.409 e. The molecule has 1 fully saturated rings. The molecule has 1 atom stereocenters. The van der Waals surface area contributed by atoms with Gasteiger partial charge in [-0.25, -0.2) is 0 Å². The number of oxime groups is 1. The lowest BCUT2D eigenvalue weighted by Gasteiger charge is -2.30. The van der Waals surface area contributed by atoms with Crippen LogP contribution in [-0.4, -0.2) is 46.6 Å². The molecule has 1 aliphatic rings. The smallest absolute Gasteiger partial charge is 0.302 e. The van der Waals surface area contributed by atoms with Crippen LogP contribution in [0.5, 0.6) is 0 Å². The van der Waals surface area contributed by atoms with Gasteiger partial charge in [-0.2, -0.15) is 17.8 Å². The van der Waals surface area contributed by atoms with Crippen molar-refractivity contribution in [2.45, 2.75) is 19.8 Å². The van der Waals surface area contributed by atoms with Gasteiger partial charge < -0.3 is 10.9 Å². The second-order valence-electron chi connectivity index (χ2n) is 5.23. The lowest BCUT2D eigenvalue weighted by molar-refractivity contribution is 0.282. The third-order valence-corrected chi connectivity index (χ3v) is 4.97. The number of piperidine rings is 1. The van der Waals surface area contributed by atoms with Crippen LogP contribution in [0.3, 0.4) is 0 Å². The van der Waals surface area contributed by atoms with E-state index < -0.39 is 10.2 Å². The Balaban J connectivity index is 2.27. The summed E-state index contributed by atoms with van der Waals surface area (Å²) in [4.78, 5) is 0. The van der Waals surface area contributed by atoms with E-state index >= 15 is 0 Å². The third-order valence-electron chi connectivity index (χ3n) is 3.51. The van der Waals surface area contributed by atoms with Crippen LogP contribution in [0.15, 0.2) is 11.4 Å². The van der Waals surface area contributed by atoms with E-state index in [-0.39, 0.29) is 17.2 Å². The fourth-order valence-corrected chi connectivity index (χ4v) is 3.79. The molecule has 0 aliphatic carbocycles. The number of nitrogens with two attached hydrogens (primary N) is 1. The Kier molecular flexibility index (Phi) is 4.37. The maximum absolute atomic E-state index is 12.4. The van der Waals surface area contributed by atoms with Gasteiger partial charge in [0.05, 0.1) is 11.8 Å². The summed E-state index contributed by atoms with van der Waals surface area (Å²) in [5, 5.41) is 15.6. The second-order valence-corrected chi connectivity index (χ2v) is 6.90. The summed E-state index contributed by atoms with van der Waals surface area (Å²) in [5.74, 6) is 0.293. The number of nitrogens with zero attached hydrogens (tertiary/aromatic N) is 4. The van der Waals surface area contributed by atoms with E-state index in [0.717, 1.165) is 12.8 Å². The predicted molar refractivity (Wildman–Crippen MR) is 78.2 cm³/mol. The van der Waals surface area contributed by atoms with Crippen LogP contribution in [0.1, 0.15) is 25.3 Å². The third kappa shape index (κ3) is 3.27. The summed E-state index contributed by atoms with van der Waals surface area (Å²) in [5.41, 5.74) is 5.76. The molecule has 0 saturated carbocycles. The molecule has 0 radical (unpaired) electrons. The van der Waals surface area contributed by atoms with Crippen molar-refractivity contribution in [1.82, 2.24) is 14.1 Å². The van der Waals surface area contributed by atoms with E-state index in [1.165, 1.54) is 15.2 Å². The van der Waals surface area contributed by atoms with Crippen LogP contribution in [0.2, 0.25) is 0 Å². The minimum atomic E-state index is -3.70. The Hall–Kier alpha value is -1.81. The first-order chi connectivity index (χ1) is 9.85. The van der Waals surface area contributed by atoms with Crippen molar-refractivity contribution in [3.05, 3.63) is 11.8 Å². The number of aromatic nitrogens is 2. The lowest BCUT2D eigenvalue weighted by Crippen LogP contribution is -2.42. The molecule has 1 saturated heterocycles. The number of anilines is 1. The molecular formula is C11H20N6O3S. The second kappa shape index (κ2) is 5.90. The van der Waals surface area contributed by atoms with Gasteiger partial charge in [0.25, 0.3) is 0 Å². The highest BCUT2D eigenvalue weighted by molar-refractivity contribution is 7.90. The molecule has 0 spiro atoms. The van der Waals surface area contributed by atoms with Gasteiger partial charge in [-0.3, -0.25) is 9.40 Å². The Morgan fingerprint density at radius 1 is 1.62 bits per heavy atom. The maximum atomic E-state index is 12.4. The number of hydrogen-bond acceptors (Lipinski definition) is 5. The summed E-state index contributed by atoms with van der Waals surface area (Å²) in [6.45, 7) is 2.98. The van der Waals surface area contributed by atoms with Crippen molar-refractivity contribution in [3.8, 4) is 0 Å². The Morgan fingerprint density at radius 3 is 2.95 bits per heavy atom. The molecule has 1 aromatic rings. The molecule has 4 N–H and O–H groups in total. The molecular weight excluding hydrogens is 296 g/mol. The van der Waals surface area contributed by atoms with Crippen LogP contribution in [0.4, 0.5) is 5.82 Å². The number of amidine groups is 1. The monoisotopic (exact) mass is 316 g/mol. The van der Waals surface area contributed by atoms with E-state index in [4.69, 9.17) is 10.9 Å². The Bertz CT molecular complexity index is 638. The zero-order valence-electron chi connectivity index (χ0n) is 12.0. The molecule has 0 amide bonds. The van der Waals surface area contributed by atoms with E-state index in [9.17, 15) is 8.42 Å². The summed E-state index contributed by atoms with van der Waals surface area (Å²) in [6, 6.07) is 0. The predicted octanol–water partition coefficient (Wildman–Crippen LogP) is -0.0968. The average Bonchev–Trinajstić information content (AvgIpc) is 2.79. The summed E-state index contributed by atoms with van der Waals surface area (Å²) in [6.07, 6.45) is 3.19. The standard InChI is InChI=1S/C11H20N6O3S/c1-8-4-3-5-17(7-8)21(19,20)15-11-9(10(12)14-18)6-13-16(11)2/h6,8,15,18H,3-5,7H2,1-2H3,(H2,12,14). The molecule has 118 valence electrons. The number of nitrogens with one attached hydrogen (secondary N) is 1. The zero-order valence-corrected chi connectivity index (χ0v) is 12.8. The maximum Gasteiger partial charge on any atom is 0.302 e. The van der Waals surface area contributed by atoms with Crippen LogP contribution in [-0.2, 0) is 17.3 Å². The minimum absolute atomic E-state index is 0.170. The van der Waals surface area contributed by atoms with Crippen molar-refractivity contribution < 1.29 is 13.6 Å². The summed E-state index contributed by atoms with van der Waals surface area (Å²) < 4.78 is 30.1. The van der Waals surface area contributed by atoms with Crippen LogP contribution < -0.4 is 10.5 Å². The first-order valence-electron chi connectivity index (χ1n) is 6.63. The molecule has 2 heterocycles. The van der Waals surface area contributed by atoms with E-state index in [1.807, 2.05) is 6.92 Å². The van der Waals surface area contributed by atoms with Gasteiger partial charge in [-0.1, -0.05) is 12.1 Å². The first-order valence-corrected chi connectivity index (χ1v) is 8.07. The molecule has 0 bridgehead atoms. The van der Waals surface area contributed by atoms with Crippen LogP contribution in [0, 0.1) is 5.92 Å². The molecule has 1 aliphatic heterocycles. The van der Waals surface area contributed by atoms with Gasteiger partial charge in [-0.05, 0) is 18.8 Å². The fourth-order valence-electron chi connectivity index (χ4n) is 2.35. The van der Waals surface area contributed by atoms with Gasteiger partial charge in [-0.15, -0.1) is 0 Å². The zero-order chi connectivity index (χ0) is 15.6. The molecule has 0 aromatic carbocycles. The highest BCUT2D eigenvalue weighted by Gasteiger charge is 2.29. The van der Waals surface area contributed by atoms with E-state index in [1.54, 1.807) is 7.05 Å². The Labute approximate surface area is 123 Å². The van der Waals surface area contributed by atoms with Gasteiger partial charge in [0.1, 0.15) is 5.82 Å². The molecule has 9 nitrogen and oxygen atoms in total. The number of aryl methyl sites for hydroxylation is 1. The van der Waals surface area contributed by atoms with E-state index in [2.05, 4.69) is 15.0 Å².